The van der Waals surface area contributed by atoms with Crippen LogP contribution in [0.15, 0.2) is 6.07 Å². The van der Waals surface area contributed by atoms with Crippen molar-refractivity contribution in [3.05, 3.63) is 27.8 Å². The van der Waals surface area contributed by atoms with Crippen molar-refractivity contribution < 1.29 is 9.53 Å². The third kappa shape index (κ3) is 3.14. The summed E-state index contributed by atoms with van der Waals surface area (Å²) in [6.45, 7) is 3.73. The van der Waals surface area contributed by atoms with E-state index in [2.05, 4.69) is 0 Å². The van der Waals surface area contributed by atoms with Gasteiger partial charge in [0.25, 0.3) is 0 Å². The number of benzene rings is 1. The van der Waals surface area contributed by atoms with Gasteiger partial charge >= 0.3 is 0 Å². The zero-order chi connectivity index (χ0) is 13.0. The molecule has 1 aromatic carbocycles. The number of hydrogen-bond donors (Lipinski definition) is 0. The van der Waals surface area contributed by atoms with Gasteiger partial charge in [-0.3, -0.25) is 4.79 Å². The molecule has 0 amide bonds. The normalized spacial score (nSPS) is 10.4. The average Bonchev–Trinajstić information content (AvgIpc) is 2.32. The quantitative estimate of drug-likeness (QED) is 0.595. The number of alkyl halides is 1. The van der Waals surface area contributed by atoms with Crippen LogP contribution >= 0.6 is 23.2 Å². The van der Waals surface area contributed by atoms with Crippen molar-refractivity contribution in [3.8, 4) is 5.75 Å². The minimum Gasteiger partial charge on any atom is -0.496 e. The molecule has 0 atom stereocenters. The third-order valence-electron chi connectivity index (χ3n) is 2.68. The molecule has 4 heteroatoms. The number of ketones is 1. The van der Waals surface area contributed by atoms with Crippen LogP contribution in [-0.2, 0) is 0 Å². The largest absolute Gasteiger partial charge is 0.496 e. The Labute approximate surface area is 112 Å². The SMILES string of the molecule is COc1cc(C)c(Cl)c(C)c1C(=O)CCCCl. The molecule has 0 saturated heterocycles. The van der Waals surface area contributed by atoms with E-state index in [4.69, 9.17) is 27.9 Å². The van der Waals surface area contributed by atoms with Crippen molar-refractivity contribution in [1.82, 2.24) is 0 Å². The maximum atomic E-state index is 12.1. The predicted molar refractivity (Wildman–Crippen MR) is 71.8 cm³/mol. The monoisotopic (exact) mass is 274 g/mol. The number of aryl methyl sites for hydroxylation is 1. The number of halogens is 2. The molecular formula is C13H16Cl2O2. The third-order valence-corrected chi connectivity index (χ3v) is 3.53. The molecule has 17 heavy (non-hydrogen) atoms. The summed E-state index contributed by atoms with van der Waals surface area (Å²) in [5.41, 5.74) is 2.27. The van der Waals surface area contributed by atoms with Gasteiger partial charge in [0, 0.05) is 17.3 Å². The van der Waals surface area contributed by atoms with Crippen molar-refractivity contribution >= 4 is 29.0 Å². The van der Waals surface area contributed by atoms with Crippen molar-refractivity contribution in [1.29, 1.82) is 0 Å². The molecule has 0 radical (unpaired) electrons. The Morgan fingerprint density at radius 2 is 2.06 bits per heavy atom. The number of rotatable bonds is 5. The van der Waals surface area contributed by atoms with E-state index >= 15 is 0 Å². The highest BCUT2D eigenvalue weighted by Crippen LogP contribution is 2.32. The summed E-state index contributed by atoms with van der Waals surface area (Å²) >= 11 is 11.7. The van der Waals surface area contributed by atoms with Crippen LogP contribution in [0, 0.1) is 13.8 Å². The Morgan fingerprint density at radius 1 is 1.41 bits per heavy atom. The van der Waals surface area contributed by atoms with E-state index in [1.54, 1.807) is 13.2 Å². The lowest BCUT2D eigenvalue weighted by Crippen LogP contribution is -2.06. The second-order valence-electron chi connectivity index (χ2n) is 3.93. The average molecular weight is 275 g/mol. The minimum absolute atomic E-state index is 0.0295. The van der Waals surface area contributed by atoms with Gasteiger partial charge < -0.3 is 4.74 Å². The van der Waals surface area contributed by atoms with Crippen LogP contribution in [0.5, 0.6) is 5.75 Å². The fourth-order valence-corrected chi connectivity index (χ4v) is 2.07. The fraction of sp³-hybridized carbons (Fsp3) is 0.462. The summed E-state index contributed by atoms with van der Waals surface area (Å²) in [5, 5.41) is 0.625. The second kappa shape index (κ2) is 6.27. The van der Waals surface area contributed by atoms with Crippen molar-refractivity contribution in [2.75, 3.05) is 13.0 Å². The predicted octanol–water partition coefficient (Wildman–Crippen LogP) is 4.17. The van der Waals surface area contributed by atoms with Gasteiger partial charge in [-0.2, -0.15) is 0 Å². The first-order chi connectivity index (χ1) is 8.02. The Morgan fingerprint density at radius 3 is 2.59 bits per heavy atom. The van der Waals surface area contributed by atoms with Gasteiger partial charge in [0.15, 0.2) is 5.78 Å². The van der Waals surface area contributed by atoms with E-state index in [-0.39, 0.29) is 5.78 Å². The fourth-order valence-electron chi connectivity index (χ4n) is 1.78. The Kier molecular flexibility index (Phi) is 5.29. The van der Waals surface area contributed by atoms with Crippen molar-refractivity contribution in [3.63, 3.8) is 0 Å². The number of hydrogen-bond acceptors (Lipinski definition) is 2. The molecule has 0 saturated carbocycles. The number of methoxy groups -OCH3 is 1. The number of carbonyl (C=O) groups excluding carboxylic acids is 1. The molecular weight excluding hydrogens is 259 g/mol. The summed E-state index contributed by atoms with van der Waals surface area (Å²) in [7, 11) is 1.56. The summed E-state index contributed by atoms with van der Waals surface area (Å²) in [6, 6.07) is 1.79. The molecule has 0 unspecified atom stereocenters. The molecule has 0 N–H and O–H groups in total. The van der Waals surface area contributed by atoms with Crippen LogP contribution in [0.2, 0.25) is 5.02 Å². The van der Waals surface area contributed by atoms with Crippen molar-refractivity contribution in [2.45, 2.75) is 26.7 Å². The molecule has 2 nitrogen and oxygen atoms in total. The second-order valence-corrected chi connectivity index (χ2v) is 4.68. The van der Waals surface area contributed by atoms with Gasteiger partial charge in [0.05, 0.1) is 12.7 Å². The standard InChI is InChI=1S/C13H16Cl2O2/c1-8-7-11(17-3)12(9(2)13(8)15)10(16)5-4-6-14/h7H,4-6H2,1-3H3. The van der Waals surface area contributed by atoms with Crippen LogP contribution in [0.1, 0.15) is 34.3 Å². The lowest BCUT2D eigenvalue weighted by atomic mass is 9.98. The van der Waals surface area contributed by atoms with Gasteiger partial charge in [0.2, 0.25) is 0 Å². The molecule has 94 valence electrons. The maximum Gasteiger partial charge on any atom is 0.166 e. The number of ether oxygens (including phenoxy) is 1. The van der Waals surface area contributed by atoms with Crippen LogP contribution in [-0.4, -0.2) is 18.8 Å². The van der Waals surface area contributed by atoms with E-state index in [1.807, 2.05) is 13.8 Å². The van der Waals surface area contributed by atoms with Gasteiger partial charge in [-0.15, -0.1) is 11.6 Å². The van der Waals surface area contributed by atoms with Gasteiger partial charge in [-0.25, -0.2) is 0 Å². The molecule has 0 spiro atoms. The van der Waals surface area contributed by atoms with Gasteiger partial charge in [-0.05, 0) is 37.5 Å². The zero-order valence-electron chi connectivity index (χ0n) is 10.3. The lowest BCUT2D eigenvalue weighted by Gasteiger charge is -2.14. The molecule has 1 rings (SSSR count). The first kappa shape index (κ1) is 14.3. The van der Waals surface area contributed by atoms with Crippen LogP contribution in [0.3, 0.4) is 0 Å². The van der Waals surface area contributed by atoms with E-state index in [9.17, 15) is 4.79 Å². The molecule has 0 aliphatic carbocycles. The Balaban J connectivity index is 3.21. The van der Waals surface area contributed by atoms with E-state index in [1.165, 1.54) is 0 Å². The van der Waals surface area contributed by atoms with E-state index in [0.717, 1.165) is 11.1 Å². The lowest BCUT2D eigenvalue weighted by molar-refractivity contribution is 0.0978. The van der Waals surface area contributed by atoms with Gasteiger partial charge in [-0.1, -0.05) is 11.6 Å². The van der Waals surface area contributed by atoms with Crippen LogP contribution in [0.25, 0.3) is 0 Å². The van der Waals surface area contributed by atoms with Crippen LogP contribution in [0.4, 0.5) is 0 Å². The van der Waals surface area contributed by atoms with Gasteiger partial charge in [0.1, 0.15) is 5.75 Å². The molecule has 1 aromatic rings. The molecule has 0 fully saturated rings. The smallest absolute Gasteiger partial charge is 0.166 e. The first-order valence-electron chi connectivity index (χ1n) is 5.45. The van der Waals surface area contributed by atoms with Crippen molar-refractivity contribution in [2.24, 2.45) is 0 Å². The highest BCUT2D eigenvalue weighted by molar-refractivity contribution is 6.32. The molecule has 0 aliphatic heterocycles. The maximum absolute atomic E-state index is 12.1. The number of carbonyl (C=O) groups is 1. The van der Waals surface area contributed by atoms with E-state index in [0.29, 0.717) is 35.1 Å². The zero-order valence-corrected chi connectivity index (χ0v) is 11.8. The highest BCUT2D eigenvalue weighted by atomic mass is 35.5. The molecule has 0 heterocycles. The number of Topliss-reactive ketones (excluding diaryl/α,β-unsaturated/α-hetero) is 1. The van der Waals surface area contributed by atoms with Crippen LogP contribution < -0.4 is 4.74 Å². The topological polar surface area (TPSA) is 26.3 Å². The molecule has 0 aromatic heterocycles. The summed E-state index contributed by atoms with van der Waals surface area (Å²) < 4.78 is 5.25. The van der Waals surface area contributed by atoms with E-state index < -0.39 is 0 Å². The molecule has 0 bridgehead atoms. The Hall–Kier alpha value is -0.730. The first-order valence-corrected chi connectivity index (χ1v) is 6.37. The summed E-state index contributed by atoms with van der Waals surface area (Å²) in [4.78, 5) is 12.1. The Bertz CT molecular complexity index is 428. The molecule has 0 aliphatic rings. The summed E-state index contributed by atoms with van der Waals surface area (Å²) in [6.07, 6.45) is 1.08. The summed E-state index contributed by atoms with van der Waals surface area (Å²) in [5.74, 6) is 1.10. The minimum atomic E-state index is 0.0295. The highest BCUT2D eigenvalue weighted by Gasteiger charge is 2.18.